The van der Waals surface area contributed by atoms with E-state index in [4.69, 9.17) is 24.9 Å². The molecule has 0 spiro atoms. The zero-order valence-electron chi connectivity index (χ0n) is 4.75. The molecule has 3 N–H and O–H groups in total. The van der Waals surface area contributed by atoms with Gasteiger partial charge in [-0.15, -0.1) is 0 Å². The summed E-state index contributed by atoms with van der Waals surface area (Å²) < 4.78 is 25.6. The van der Waals surface area contributed by atoms with Crippen LogP contribution >= 0.6 is 7.82 Å². The fourth-order valence-corrected chi connectivity index (χ4v) is 0. The molecule has 0 fully saturated rings. The minimum absolute atomic E-state index is 0. The Bertz CT molecular complexity index is 86.3. The fraction of sp³-hybridized carbons (Fsp3) is 0. The van der Waals surface area contributed by atoms with Gasteiger partial charge in [0.05, 0.1) is 0 Å². The zero-order valence-corrected chi connectivity index (χ0v) is 14.7. The third-order valence-electron chi connectivity index (χ3n) is 0. The van der Waals surface area contributed by atoms with Crippen LogP contribution in [0.5, 0.6) is 0 Å². The van der Waals surface area contributed by atoms with Crippen molar-refractivity contribution in [3.63, 3.8) is 0 Å². The number of hydrogen-bond acceptors (Lipinski definition) is 3. The van der Waals surface area contributed by atoms with Crippen LogP contribution in [0.3, 0.4) is 0 Å². The number of hydrogen-bond donors (Lipinski definition) is 3. The Hall–Kier alpha value is 2.49. The summed E-state index contributed by atoms with van der Waals surface area (Å²) in [5.74, 6) is 0. The van der Waals surface area contributed by atoms with Gasteiger partial charge in [-0.2, -0.15) is 0 Å². The molecule has 0 atom stereocenters. The van der Waals surface area contributed by atoms with Crippen molar-refractivity contribution in [2.24, 2.45) is 0 Å². The van der Waals surface area contributed by atoms with Crippen LogP contribution in [0.1, 0.15) is 0 Å². The summed E-state index contributed by atoms with van der Waals surface area (Å²) in [5, 5.41) is 0. The van der Waals surface area contributed by atoms with Crippen molar-refractivity contribution in [2.45, 2.75) is 0 Å². The van der Waals surface area contributed by atoms with Gasteiger partial charge in [0, 0.05) is 34.1 Å². The molecule has 6 nitrogen and oxygen atoms in total. The molecule has 0 heterocycles. The van der Waals surface area contributed by atoms with E-state index in [-0.39, 0.29) is 59.9 Å². The van der Waals surface area contributed by atoms with E-state index in [1.54, 1.807) is 0 Å². The van der Waals surface area contributed by atoms with Crippen molar-refractivity contribution >= 4 is 56.6 Å². The van der Waals surface area contributed by atoms with E-state index >= 15 is 0 Å². The summed E-state index contributed by atoms with van der Waals surface area (Å²) in [6.45, 7) is 0. The van der Waals surface area contributed by atoms with E-state index < -0.39 is 7.82 Å². The van der Waals surface area contributed by atoms with Gasteiger partial charge >= 0.3 is 62.3 Å². The summed E-state index contributed by atoms with van der Waals surface area (Å²) in [5.41, 5.74) is 0. The van der Waals surface area contributed by atoms with Crippen molar-refractivity contribution in [3.05, 3.63) is 0 Å². The maximum absolute atomic E-state index is 8.88. The van der Waals surface area contributed by atoms with Crippen LogP contribution in [-0.4, -0.2) is 63.5 Å². The Balaban J connectivity index is -0.0000000178. The monoisotopic (exact) mass is 571 g/mol. The minimum atomic E-state index is -4.64. The van der Waals surface area contributed by atoms with E-state index in [1.807, 2.05) is 0 Å². The van der Waals surface area contributed by atoms with E-state index in [0.29, 0.717) is 23.0 Å². The molecular weight excluding hydrogens is 567 g/mol. The summed E-state index contributed by atoms with van der Waals surface area (Å²) in [4.78, 5) is 21.6. The third-order valence-corrected chi connectivity index (χ3v) is 0. The molecule has 3 radical (unpaired) electrons. The summed E-state index contributed by atoms with van der Waals surface area (Å²) in [6, 6.07) is 0. The number of rotatable bonds is 0. The van der Waals surface area contributed by atoms with Gasteiger partial charge in [0.15, 0.2) is 0 Å². The van der Waals surface area contributed by atoms with Crippen molar-refractivity contribution in [3.8, 4) is 0 Å². The van der Waals surface area contributed by atoms with Crippen LogP contribution < -0.4 is 0 Å². The second kappa shape index (κ2) is 22.9. The molecule has 0 amide bonds. The molecule has 0 saturated carbocycles. The van der Waals surface area contributed by atoms with Crippen LogP contribution in [0.4, 0.5) is 0 Å². The molecule has 69 valence electrons. The van der Waals surface area contributed by atoms with Crippen molar-refractivity contribution < 1.29 is 59.1 Å². The van der Waals surface area contributed by atoms with E-state index in [0.717, 1.165) is 0 Å². The maximum atomic E-state index is 8.88. The van der Waals surface area contributed by atoms with Gasteiger partial charge in [-0.1, -0.05) is 0 Å². The Kier molecular flexibility index (Phi) is 60.7. The quantitative estimate of drug-likeness (QED) is 0.225. The summed E-state index contributed by atoms with van der Waals surface area (Å²) in [6.07, 6.45) is 0. The van der Waals surface area contributed by atoms with Gasteiger partial charge < -0.3 is 14.7 Å². The SMILES string of the molecule is O=P(O)(O)O.[Fe].[Mn].[O]=[Pb].[O]=[SbH]. The molecule has 0 saturated heterocycles. The van der Waals surface area contributed by atoms with Gasteiger partial charge in [0.25, 0.3) is 0 Å². The van der Waals surface area contributed by atoms with Crippen LogP contribution in [0.15, 0.2) is 0 Å². The topological polar surface area (TPSA) is 112 Å². The molecule has 11 heteroatoms. The van der Waals surface area contributed by atoms with Crippen molar-refractivity contribution in [2.75, 3.05) is 0 Å². The molecule has 0 aliphatic rings. The van der Waals surface area contributed by atoms with Crippen LogP contribution in [0, 0.1) is 0 Å². The van der Waals surface area contributed by atoms with Crippen molar-refractivity contribution in [1.29, 1.82) is 0 Å². The molecule has 0 aromatic heterocycles. The second-order valence-corrected chi connectivity index (χ2v) is 1.54. The van der Waals surface area contributed by atoms with Crippen LogP contribution in [-0.2, 0) is 44.4 Å². The Morgan fingerprint density at radius 1 is 1.09 bits per heavy atom. The predicted octanol–water partition coefficient (Wildman–Crippen LogP) is -2.20. The van der Waals surface area contributed by atoms with E-state index in [9.17, 15) is 0 Å². The first kappa shape index (κ1) is 29.2. The molecule has 0 bridgehead atoms. The molecule has 0 aromatic rings. The molecule has 11 heavy (non-hydrogen) atoms. The number of phosphoric acid groups is 1. The molecular formula is H4FeMnO6PPbSb. The summed E-state index contributed by atoms with van der Waals surface area (Å²) >= 11 is 0.356. The standard InChI is InChI=1S/Fe.Mn.H3O4P.2O.Pb.Sb.H/c;;1-5(2,3)4;;;;;/h;;(H3,1,2,3,4);;;;;. The van der Waals surface area contributed by atoms with Gasteiger partial charge in [-0.3, -0.25) is 0 Å². The van der Waals surface area contributed by atoms with Gasteiger partial charge in [-0.05, 0) is 0 Å². The normalized spacial score (nSPS) is 6.09. The van der Waals surface area contributed by atoms with E-state index in [1.165, 1.54) is 0 Å². The molecule has 0 aromatic carbocycles. The van der Waals surface area contributed by atoms with Gasteiger partial charge in [-0.25, -0.2) is 4.57 Å². The zero-order chi connectivity index (χ0) is 8.50. The molecule has 0 unspecified atom stereocenters. The van der Waals surface area contributed by atoms with Crippen LogP contribution in [0.25, 0.3) is 0 Å². The third kappa shape index (κ3) is 222. The van der Waals surface area contributed by atoms with Crippen molar-refractivity contribution in [1.82, 2.24) is 0 Å². The fourth-order valence-electron chi connectivity index (χ4n) is 0. The van der Waals surface area contributed by atoms with Crippen LogP contribution in [0.2, 0.25) is 0 Å². The van der Waals surface area contributed by atoms with Gasteiger partial charge in [0.1, 0.15) is 0 Å². The summed E-state index contributed by atoms with van der Waals surface area (Å²) in [7, 11) is -4.64. The average Bonchev–Trinajstić information content (AvgIpc) is 1.72. The first-order valence-electron chi connectivity index (χ1n) is 1.19. The predicted molar refractivity (Wildman–Crippen MR) is 28.5 cm³/mol. The molecule has 0 aliphatic carbocycles. The molecule has 0 aliphatic heterocycles. The Morgan fingerprint density at radius 3 is 1.09 bits per heavy atom. The Labute approximate surface area is 114 Å². The molecule has 0 rings (SSSR count). The Morgan fingerprint density at radius 2 is 1.09 bits per heavy atom. The van der Waals surface area contributed by atoms with Gasteiger partial charge in [0.2, 0.25) is 0 Å². The first-order chi connectivity index (χ1) is 4.00. The average molecular weight is 571 g/mol. The second-order valence-electron chi connectivity index (χ2n) is 0.513. The first-order valence-corrected chi connectivity index (χ1v) is 5.51. The van der Waals surface area contributed by atoms with E-state index in [2.05, 4.69) is 0 Å².